The van der Waals surface area contributed by atoms with Crippen LogP contribution in [0.25, 0.3) is 65.4 Å². The third-order valence-corrected chi connectivity index (χ3v) is 10.4. The van der Waals surface area contributed by atoms with Crippen LogP contribution in [0.2, 0.25) is 0 Å². The van der Waals surface area contributed by atoms with Gasteiger partial charge in [-0.25, -0.2) is 0 Å². The smallest absolute Gasteiger partial charge is 0.143 e. The molecule has 0 unspecified atom stereocenters. The first kappa shape index (κ1) is 26.4. The summed E-state index contributed by atoms with van der Waals surface area (Å²) in [5.74, 6) is 0. The lowest BCUT2D eigenvalue weighted by atomic mass is 9.81. The molecule has 0 aliphatic heterocycles. The first-order chi connectivity index (χ1) is 23.1. The van der Waals surface area contributed by atoms with Crippen molar-refractivity contribution in [2.24, 2.45) is 0 Å². The van der Waals surface area contributed by atoms with Crippen LogP contribution in [-0.4, -0.2) is 0 Å². The van der Waals surface area contributed by atoms with E-state index in [4.69, 9.17) is 4.42 Å². The second-order valence-electron chi connectivity index (χ2n) is 13.3. The van der Waals surface area contributed by atoms with Gasteiger partial charge in [0, 0.05) is 32.9 Å². The van der Waals surface area contributed by atoms with Gasteiger partial charge >= 0.3 is 0 Å². The molecule has 8 aromatic carbocycles. The molecule has 1 aromatic heterocycles. The molecule has 9 aromatic rings. The fourth-order valence-electron chi connectivity index (χ4n) is 8.29. The average molecular weight is 602 g/mol. The van der Waals surface area contributed by atoms with Gasteiger partial charge in [-0.3, -0.25) is 0 Å². The van der Waals surface area contributed by atoms with Crippen molar-refractivity contribution in [3.05, 3.63) is 163 Å². The van der Waals surface area contributed by atoms with Crippen LogP contribution < -0.4 is 4.90 Å². The second-order valence-corrected chi connectivity index (χ2v) is 13.3. The SMILES string of the molecule is CC1(C)c2ccccc2-c2cccc(N(c3ccccc3)c3ccc4c(ccc5ccc6c(ccc7c8ccccc8oc76)c54)c3)c21. The van der Waals surface area contributed by atoms with Crippen molar-refractivity contribution in [1.82, 2.24) is 0 Å². The van der Waals surface area contributed by atoms with Crippen LogP contribution in [0.15, 0.2) is 156 Å². The topological polar surface area (TPSA) is 16.4 Å². The molecule has 1 heterocycles. The third-order valence-electron chi connectivity index (χ3n) is 10.4. The summed E-state index contributed by atoms with van der Waals surface area (Å²) in [5, 5.41) is 9.63. The Labute approximate surface area is 273 Å². The Morgan fingerprint density at radius 3 is 2.09 bits per heavy atom. The minimum Gasteiger partial charge on any atom is -0.455 e. The van der Waals surface area contributed by atoms with Crippen LogP contribution in [0, 0.1) is 0 Å². The molecule has 222 valence electrons. The summed E-state index contributed by atoms with van der Waals surface area (Å²) in [5.41, 5.74) is 10.6. The van der Waals surface area contributed by atoms with Gasteiger partial charge in [-0.15, -0.1) is 0 Å². The van der Waals surface area contributed by atoms with Gasteiger partial charge in [0.2, 0.25) is 0 Å². The average Bonchev–Trinajstić information content (AvgIpc) is 3.61. The number of anilines is 3. The van der Waals surface area contributed by atoms with E-state index in [1.54, 1.807) is 0 Å². The van der Waals surface area contributed by atoms with Gasteiger partial charge in [0.25, 0.3) is 0 Å². The molecule has 1 aliphatic rings. The zero-order chi connectivity index (χ0) is 31.3. The Bertz CT molecular complexity index is 2720. The monoisotopic (exact) mass is 601 g/mol. The first-order valence-corrected chi connectivity index (χ1v) is 16.4. The molecule has 0 fully saturated rings. The third kappa shape index (κ3) is 3.67. The van der Waals surface area contributed by atoms with Crippen LogP contribution in [0.3, 0.4) is 0 Å². The van der Waals surface area contributed by atoms with Crippen molar-refractivity contribution in [3.63, 3.8) is 0 Å². The molecule has 2 nitrogen and oxygen atoms in total. The summed E-state index contributed by atoms with van der Waals surface area (Å²) in [6.45, 7) is 4.72. The summed E-state index contributed by atoms with van der Waals surface area (Å²) < 4.78 is 6.45. The molecule has 2 heteroatoms. The van der Waals surface area contributed by atoms with E-state index >= 15 is 0 Å². The summed E-state index contributed by atoms with van der Waals surface area (Å²) in [6, 6.07) is 55.2. The molecule has 10 rings (SSSR count). The molecule has 0 spiro atoms. The summed E-state index contributed by atoms with van der Waals surface area (Å²) in [4.78, 5) is 2.44. The largest absolute Gasteiger partial charge is 0.455 e. The van der Waals surface area contributed by atoms with Gasteiger partial charge in [0.1, 0.15) is 11.2 Å². The highest BCUT2D eigenvalue weighted by Gasteiger charge is 2.38. The first-order valence-electron chi connectivity index (χ1n) is 16.4. The maximum absolute atomic E-state index is 6.45. The predicted octanol–water partition coefficient (Wildman–Crippen LogP) is 12.8. The van der Waals surface area contributed by atoms with Gasteiger partial charge in [-0.05, 0) is 97.7 Å². The van der Waals surface area contributed by atoms with Crippen molar-refractivity contribution in [2.45, 2.75) is 19.3 Å². The van der Waals surface area contributed by atoms with Crippen LogP contribution in [0.1, 0.15) is 25.0 Å². The van der Waals surface area contributed by atoms with E-state index in [-0.39, 0.29) is 5.41 Å². The van der Waals surface area contributed by atoms with E-state index in [2.05, 4.69) is 164 Å². The normalized spacial score (nSPS) is 13.5. The van der Waals surface area contributed by atoms with Crippen LogP contribution in [0.4, 0.5) is 17.1 Å². The van der Waals surface area contributed by atoms with Crippen molar-refractivity contribution >= 4 is 71.3 Å². The molecule has 0 atom stereocenters. The van der Waals surface area contributed by atoms with Crippen LogP contribution in [0.5, 0.6) is 0 Å². The number of para-hydroxylation sites is 2. The number of nitrogens with zero attached hydrogens (tertiary/aromatic N) is 1. The fraction of sp³-hybridized carbons (Fsp3) is 0.0667. The maximum Gasteiger partial charge on any atom is 0.143 e. The maximum atomic E-state index is 6.45. The summed E-state index contributed by atoms with van der Waals surface area (Å²) in [7, 11) is 0. The Balaban J connectivity index is 1.21. The van der Waals surface area contributed by atoms with Gasteiger partial charge in [0.15, 0.2) is 0 Å². The molecule has 47 heavy (non-hydrogen) atoms. The Morgan fingerprint density at radius 2 is 1.17 bits per heavy atom. The molecule has 0 bridgehead atoms. The van der Waals surface area contributed by atoms with E-state index in [0.717, 1.165) is 38.7 Å². The molecule has 0 saturated carbocycles. The number of furan rings is 1. The van der Waals surface area contributed by atoms with Gasteiger partial charge in [-0.1, -0.05) is 117 Å². The Kier molecular flexibility index (Phi) is 5.37. The van der Waals surface area contributed by atoms with Crippen molar-refractivity contribution < 1.29 is 4.42 Å². The number of benzene rings is 8. The van der Waals surface area contributed by atoms with Crippen LogP contribution >= 0.6 is 0 Å². The van der Waals surface area contributed by atoms with Crippen LogP contribution in [-0.2, 0) is 5.41 Å². The van der Waals surface area contributed by atoms with E-state index < -0.39 is 0 Å². The second kappa shape index (κ2) is 9.57. The molecular formula is C45H31NO. The standard InChI is InChI=1S/C45H31NO/c1-45(2)39-16-8-6-13-33(39)36-15-10-17-40(43(36)45)46(30-11-4-3-5-12-30)31-22-24-32-29(27-31)20-19-28-21-23-38-35(42(28)32)25-26-37-34-14-7-9-18-41(34)47-44(37)38/h3-27H,1-2H3. The molecule has 0 amide bonds. The van der Waals surface area contributed by atoms with E-state index in [0.29, 0.717) is 0 Å². The van der Waals surface area contributed by atoms with Crippen molar-refractivity contribution in [2.75, 3.05) is 4.90 Å². The van der Waals surface area contributed by atoms with E-state index in [9.17, 15) is 0 Å². The molecule has 1 aliphatic carbocycles. The minimum absolute atomic E-state index is 0.135. The number of hydrogen-bond donors (Lipinski definition) is 0. The molecule has 0 N–H and O–H groups in total. The zero-order valence-electron chi connectivity index (χ0n) is 26.3. The quantitative estimate of drug-likeness (QED) is 0.187. The summed E-state index contributed by atoms with van der Waals surface area (Å²) >= 11 is 0. The molecule has 0 saturated heterocycles. The lowest BCUT2D eigenvalue weighted by Gasteiger charge is -2.32. The number of hydrogen-bond acceptors (Lipinski definition) is 2. The highest BCUT2D eigenvalue weighted by molar-refractivity contribution is 6.26. The van der Waals surface area contributed by atoms with Gasteiger partial charge < -0.3 is 9.32 Å². The van der Waals surface area contributed by atoms with Crippen molar-refractivity contribution in [3.8, 4) is 11.1 Å². The van der Waals surface area contributed by atoms with Gasteiger partial charge in [-0.2, -0.15) is 0 Å². The minimum atomic E-state index is -0.135. The molecular weight excluding hydrogens is 571 g/mol. The van der Waals surface area contributed by atoms with Crippen molar-refractivity contribution in [1.29, 1.82) is 0 Å². The lowest BCUT2D eigenvalue weighted by Crippen LogP contribution is -2.20. The predicted molar refractivity (Wildman–Crippen MR) is 198 cm³/mol. The highest BCUT2D eigenvalue weighted by atomic mass is 16.3. The lowest BCUT2D eigenvalue weighted by molar-refractivity contribution is 0.661. The Hall–Kier alpha value is -5.86. The number of rotatable bonds is 3. The fourth-order valence-corrected chi connectivity index (χ4v) is 8.29. The number of fused-ring (bicyclic) bond motifs is 12. The molecule has 0 radical (unpaired) electrons. The Morgan fingerprint density at radius 1 is 0.489 bits per heavy atom. The highest BCUT2D eigenvalue weighted by Crippen LogP contribution is 2.54. The summed E-state index contributed by atoms with van der Waals surface area (Å²) in [6.07, 6.45) is 0. The zero-order valence-corrected chi connectivity index (χ0v) is 26.3. The van der Waals surface area contributed by atoms with E-state index in [1.807, 2.05) is 6.07 Å². The van der Waals surface area contributed by atoms with E-state index in [1.165, 1.54) is 54.9 Å². The van der Waals surface area contributed by atoms with Gasteiger partial charge in [0.05, 0.1) is 5.69 Å².